The van der Waals surface area contributed by atoms with Crippen LogP contribution in [0.3, 0.4) is 0 Å². The quantitative estimate of drug-likeness (QED) is 0.796. The molecular weight excluding hydrogens is 413 g/mol. The lowest BCUT2D eigenvalue weighted by atomic mass is 9.92. The summed E-state index contributed by atoms with van der Waals surface area (Å²) in [5.41, 5.74) is 5.49. The molecule has 1 fully saturated rings. The van der Waals surface area contributed by atoms with Crippen LogP contribution in [0.5, 0.6) is 0 Å². The first-order chi connectivity index (χ1) is 14.8. The molecule has 1 aromatic carbocycles. The topological polar surface area (TPSA) is 105 Å². The number of nitrogens with two attached hydrogens (primary N) is 1. The van der Waals surface area contributed by atoms with Crippen molar-refractivity contribution in [2.75, 3.05) is 18.0 Å². The molecule has 2 aromatic rings. The van der Waals surface area contributed by atoms with E-state index < -0.39 is 41.6 Å². The van der Waals surface area contributed by atoms with Gasteiger partial charge in [-0.15, -0.1) is 0 Å². The number of anilines is 1. The molecule has 0 saturated carbocycles. The lowest BCUT2D eigenvalue weighted by Gasteiger charge is -2.36. The number of primary amides is 1. The number of hydrogen-bond acceptors (Lipinski definition) is 6. The molecule has 2 amide bonds. The molecule has 2 aliphatic heterocycles. The van der Waals surface area contributed by atoms with Gasteiger partial charge in [-0.2, -0.15) is 5.10 Å². The van der Waals surface area contributed by atoms with Crippen LogP contribution in [-0.2, 0) is 4.79 Å². The third-order valence-electron chi connectivity index (χ3n) is 5.41. The van der Waals surface area contributed by atoms with E-state index in [1.165, 1.54) is 18.6 Å². The van der Waals surface area contributed by atoms with Crippen molar-refractivity contribution in [1.29, 1.82) is 0 Å². The maximum atomic E-state index is 15.0. The van der Waals surface area contributed by atoms with Crippen LogP contribution in [-0.4, -0.2) is 52.3 Å². The summed E-state index contributed by atoms with van der Waals surface area (Å²) in [7, 11) is 0. The van der Waals surface area contributed by atoms with Crippen molar-refractivity contribution in [2.24, 2.45) is 16.8 Å². The van der Waals surface area contributed by atoms with Gasteiger partial charge >= 0.3 is 0 Å². The molecule has 2 aliphatic rings. The third-order valence-corrected chi connectivity index (χ3v) is 5.41. The lowest BCUT2D eigenvalue weighted by Crippen LogP contribution is -2.48. The number of halogens is 3. The molecule has 0 spiro atoms. The van der Waals surface area contributed by atoms with Crippen LogP contribution >= 0.6 is 0 Å². The van der Waals surface area contributed by atoms with E-state index in [9.17, 15) is 18.4 Å². The molecule has 0 aliphatic carbocycles. The summed E-state index contributed by atoms with van der Waals surface area (Å²) >= 11 is 0. The Morgan fingerprint density at radius 1 is 1.10 bits per heavy atom. The smallest absolute Gasteiger partial charge is 0.267 e. The van der Waals surface area contributed by atoms with Crippen LogP contribution in [0.1, 0.15) is 34.9 Å². The van der Waals surface area contributed by atoms with Gasteiger partial charge in [0.1, 0.15) is 35.6 Å². The minimum atomic E-state index is -1.53. The first-order valence-corrected chi connectivity index (χ1v) is 9.66. The van der Waals surface area contributed by atoms with Gasteiger partial charge in [0, 0.05) is 31.3 Å². The Bertz CT molecular complexity index is 1030. The number of carbonyl (C=O) groups excluding carboxylic acids is 2. The van der Waals surface area contributed by atoms with Gasteiger partial charge in [0.2, 0.25) is 5.91 Å². The average molecular weight is 432 g/mol. The second-order valence-electron chi connectivity index (χ2n) is 7.42. The zero-order valence-corrected chi connectivity index (χ0v) is 16.3. The van der Waals surface area contributed by atoms with Gasteiger partial charge in [-0.1, -0.05) is 0 Å². The Balaban J connectivity index is 1.48. The Labute approximate surface area is 175 Å². The summed E-state index contributed by atoms with van der Waals surface area (Å²) in [6, 6.07) is 3.71. The van der Waals surface area contributed by atoms with Crippen LogP contribution in [0.25, 0.3) is 0 Å². The van der Waals surface area contributed by atoms with Crippen molar-refractivity contribution >= 4 is 23.8 Å². The molecule has 0 radical (unpaired) electrons. The first-order valence-electron chi connectivity index (χ1n) is 9.66. The summed E-state index contributed by atoms with van der Waals surface area (Å²) < 4.78 is 42.2. The molecule has 4 rings (SSSR count). The van der Waals surface area contributed by atoms with E-state index in [0.29, 0.717) is 12.4 Å². The summed E-state index contributed by atoms with van der Waals surface area (Å²) in [5.74, 6) is -3.42. The zero-order chi connectivity index (χ0) is 22.1. The van der Waals surface area contributed by atoms with Crippen molar-refractivity contribution in [3.8, 4) is 0 Å². The van der Waals surface area contributed by atoms with Gasteiger partial charge in [-0.05, 0) is 24.1 Å². The standard InChI is InChI=1S/C20H19F3N6O2/c21-12-5-11(6-13(22)7-12)17-1-3-27-29(17)20(31)14-2-4-28(9-15(14)23)18-8-16(19(24)30)25-10-26-18/h3,5-8,10,14-15,17H,1-2,4,9H2,(H2,24,30)/t14-,15+,17+/m0/s1. The van der Waals surface area contributed by atoms with E-state index >= 15 is 4.39 Å². The lowest BCUT2D eigenvalue weighted by molar-refractivity contribution is -0.140. The molecule has 2 N–H and O–H groups in total. The number of alkyl halides is 1. The molecule has 0 unspecified atom stereocenters. The van der Waals surface area contributed by atoms with Gasteiger partial charge in [0.25, 0.3) is 5.91 Å². The van der Waals surface area contributed by atoms with Gasteiger partial charge < -0.3 is 10.6 Å². The highest BCUT2D eigenvalue weighted by Gasteiger charge is 2.40. The number of nitrogens with zero attached hydrogens (tertiary/aromatic N) is 5. The number of hydrazone groups is 1. The largest absolute Gasteiger partial charge is 0.364 e. The van der Waals surface area contributed by atoms with Crippen molar-refractivity contribution in [3.05, 3.63) is 53.5 Å². The number of carbonyl (C=O) groups is 2. The van der Waals surface area contributed by atoms with E-state index in [0.717, 1.165) is 23.2 Å². The minimum Gasteiger partial charge on any atom is -0.364 e. The molecule has 3 atom stereocenters. The van der Waals surface area contributed by atoms with Gasteiger partial charge in [0.15, 0.2) is 0 Å². The Kier molecular flexibility index (Phi) is 5.57. The first kappa shape index (κ1) is 20.8. The number of benzene rings is 1. The van der Waals surface area contributed by atoms with E-state index in [2.05, 4.69) is 15.1 Å². The van der Waals surface area contributed by atoms with Crippen LogP contribution in [0.2, 0.25) is 0 Å². The van der Waals surface area contributed by atoms with Crippen molar-refractivity contribution < 1.29 is 22.8 Å². The highest BCUT2D eigenvalue weighted by molar-refractivity contribution is 5.91. The fourth-order valence-electron chi connectivity index (χ4n) is 3.89. The molecule has 8 nitrogen and oxygen atoms in total. The van der Waals surface area contributed by atoms with Crippen LogP contribution in [0.15, 0.2) is 35.7 Å². The summed E-state index contributed by atoms with van der Waals surface area (Å²) in [4.78, 5) is 33.8. The molecule has 0 bridgehead atoms. The predicted octanol–water partition coefficient (Wildman–Crippen LogP) is 1.98. The van der Waals surface area contributed by atoms with E-state index in [-0.39, 0.29) is 30.6 Å². The highest BCUT2D eigenvalue weighted by Crippen LogP contribution is 2.34. The van der Waals surface area contributed by atoms with Gasteiger partial charge in [-0.25, -0.2) is 28.1 Å². The fourth-order valence-corrected chi connectivity index (χ4v) is 3.89. The predicted molar refractivity (Wildman–Crippen MR) is 105 cm³/mol. The number of rotatable bonds is 4. The number of piperidine rings is 1. The fraction of sp³-hybridized carbons (Fsp3) is 0.350. The zero-order valence-electron chi connectivity index (χ0n) is 16.3. The molecule has 3 heterocycles. The van der Waals surface area contributed by atoms with E-state index in [4.69, 9.17) is 5.73 Å². The molecule has 11 heteroatoms. The Hall–Kier alpha value is -3.50. The minimum absolute atomic E-state index is 0.00943. The normalized spacial score (nSPS) is 23.3. The maximum absolute atomic E-state index is 15.0. The summed E-state index contributed by atoms with van der Waals surface area (Å²) in [6.45, 7) is 0.186. The van der Waals surface area contributed by atoms with Crippen LogP contribution in [0, 0.1) is 17.6 Å². The molecular formula is C20H19F3N6O2. The highest BCUT2D eigenvalue weighted by atomic mass is 19.1. The van der Waals surface area contributed by atoms with Gasteiger partial charge in [-0.3, -0.25) is 9.59 Å². The SMILES string of the molecule is NC(=O)c1cc(N2CC[C@H](C(=O)N3N=CC[C@@H]3c3cc(F)cc(F)c3)[C@H](F)C2)ncn1. The third kappa shape index (κ3) is 4.21. The number of amides is 2. The van der Waals surface area contributed by atoms with Crippen LogP contribution in [0.4, 0.5) is 19.0 Å². The summed E-state index contributed by atoms with van der Waals surface area (Å²) in [6.07, 6.45) is 1.56. The maximum Gasteiger partial charge on any atom is 0.267 e. The molecule has 1 saturated heterocycles. The summed E-state index contributed by atoms with van der Waals surface area (Å²) in [5, 5.41) is 5.14. The van der Waals surface area contributed by atoms with Crippen molar-refractivity contribution in [2.45, 2.75) is 25.1 Å². The molecule has 162 valence electrons. The second-order valence-corrected chi connectivity index (χ2v) is 7.42. The van der Waals surface area contributed by atoms with Crippen LogP contribution < -0.4 is 10.6 Å². The van der Waals surface area contributed by atoms with Gasteiger partial charge in [0.05, 0.1) is 18.5 Å². The molecule has 31 heavy (non-hydrogen) atoms. The Morgan fingerprint density at radius 3 is 2.52 bits per heavy atom. The van der Waals surface area contributed by atoms with Crippen molar-refractivity contribution in [3.63, 3.8) is 0 Å². The molecule has 1 aromatic heterocycles. The van der Waals surface area contributed by atoms with E-state index in [1.54, 1.807) is 4.90 Å². The number of hydrogen-bond donors (Lipinski definition) is 1. The number of aromatic nitrogens is 2. The van der Waals surface area contributed by atoms with Crippen molar-refractivity contribution in [1.82, 2.24) is 15.0 Å². The van der Waals surface area contributed by atoms with E-state index in [1.807, 2.05) is 0 Å². The average Bonchev–Trinajstić information content (AvgIpc) is 3.22. The second kappa shape index (κ2) is 8.32. The monoisotopic (exact) mass is 432 g/mol. The Morgan fingerprint density at radius 2 is 1.84 bits per heavy atom.